The molecule has 10 heteroatoms. The zero-order chi connectivity index (χ0) is 22.7. The molecule has 0 unspecified atom stereocenters. The largest absolute Gasteiger partial charge is 0.497 e. The van der Waals surface area contributed by atoms with Crippen LogP contribution in [0.15, 0.2) is 39.5 Å². The third kappa shape index (κ3) is 4.58. The third-order valence-electron chi connectivity index (χ3n) is 5.47. The lowest BCUT2D eigenvalue weighted by atomic mass is 10.1. The molecule has 168 valence electrons. The molecule has 1 saturated heterocycles. The van der Waals surface area contributed by atoms with Crippen molar-refractivity contribution in [2.24, 2.45) is 0 Å². The van der Waals surface area contributed by atoms with Crippen LogP contribution in [0, 0.1) is 13.8 Å². The molecule has 2 aromatic heterocycles. The monoisotopic (exact) mass is 439 g/mol. The molecule has 0 radical (unpaired) electrons. The minimum atomic E-state index is -0.327. The second-order valence-corrected chi connectivity index (χ2v) is 7.55. The van der Waals surface area contributed by atoms with Gasteiger partial charge in [-0.1, -0.05) is 11.2 Å². The Kier molecular flexibility index (Phi) is 6.11. The summed E-state index contributed by atoms with van der Waals surface area (Å²) in [6, 6.07) is 7.84. The zero-order valence-electron chi connectivity index (χ0n) is 18.3. The van der Waals surface area contributed by atoms with Crippen molar-refractivity contribution in [2.45, 2.75) is 20.3 Å². The van der Waals surface area contributed by atoms with E-state index in [4.69, 9.17) is 13.7 Å². The predicted molar refractivity (Wildman–Crippen MR) is 116 cm³/mol. The van der Waals surface area contributed by atoms with E-state index in [2.05, 4.69) is 20.4 Å². The second-order valence-electron chi connectivity index (χ2n) is 7.55. The van der Waals surface area contributed by atoms with E-state index >= 15 is 0 Å². The number of oxazole rings is 1. The highest BCUT2D eigenvalue weighted by Crippen LogP contribution is 2.23. The SMILES string of the molecule is COc1cccc(N2CCN(C(=O)c3coc(NC(=O)Cc4c(C)noc4C)n3)CC2)c1. The van der Waals surface area contributed by atoms with E-state index in [9.17, 15) is 9.59 Å². The number of benzene rings is 1. The maximum Gasteiger partial charge on any atom is 0.302 e. The van der Waals surface area contributed by atoms with E-state index in [0.29, 0.717) is 37.6 Å². The van der Waals surface area contributed by atoms with Gasteiger partial charge in [0.1, 0.15) is 17.8 Å². The first-order valence-electron chi connectivity index (χ1n) is 10.3. The van der Waals surface area contributed by atoms with Crippen LogP contribution in [0.25, 0.3) is 0 Å². The molecule has 0 atom stereocenters. The number of nitrogens with zero attached hydrogens (tertiary/aromatic N) is 4. The smallest absolute Gasteiger partial charge is 0.302 e. The van der Waals surface area contributed by atoms with Crippen LogP contribution in [0.2, 0.25) is 0 Å². The lowest BCUT2D eigenvalue weighted by Gasteiger charge is -2.35. The van der Waals surface area contributed by atoms with Crippen molar-refractivity contribution in [3.05, 3.63) is 53.2 Å². The van der Waals surface area contributed by atoms with Crippen molar-refractivity contribution in [3.8, 4) is 5.75 Å². The normalized spacial score (nSPS) is 13.8. The highest BCUT2D eigenvalue weighted by Gasteiger charge is 2.25. The van der Waals surface area contributed by atoms with Gasteiger partial charge in [0.05, 0.1) is 19.2 Å². The third-order valence-corrected chi connectivity index (χ3v) is 5.47. The number of piperazine rings is 1. The van der Waals surface area contributed by atoms with Crippen LogP contribution in [-0.2, 0) is 11.2 Å². The van der Waals surface area contributed by atoms with E-state index in [1.165, 1.54) is 6.26 Å². The number of carbonyl (C=O) groups is 2. The van der Waals surface area contributed by atoms with Gasteiger partial charge in [-0.25, -0.2) is 0 Å². The highest BCUT2D eigenvalue weighted by molar-refractivity contribution is 5.94. The number of amides is 2. The molecule has 3 aromatic rings. The van der Waals surface area contributed by atoms with Crippen molar-refractivity contribution in [3.63, 3.8) is 0 Å². The molecule has 3 heterocycles. The molecule has 0 saturated carbocycles. The number of carbonyl (C=O) groups excluding carboxylic acids is 2. The van der Waals surface area contributed by atoms with Crippen LogP contribution >= 0.6 is 0 Å². The molecule has 0 aliphatic carbocycles. The van der Waals surface area contributed by atoms with Crippen molar-refractivity contribution in [1.82, 2.24) is 15.0 Å². The number of hydrogen-bond donors (Lipinski definition) is 1. The summed E-state index contributed by atoms with van der Waals surface area (Å²) in [4.78, 5) is 33.2. The van der Waals surface area contributed by atoms with Crippen molar-refractivity contribution in [1.29, 1.82) is 0 Å². The van der Waals surface area contributed by atoms with Gasteiger partial charge in [0, 0.05) is 43.5 Å². The number of aromatic nitrogens is 2. The van der Waals surface area contributed by atoms with Gasteiger partial charge in [0.15, 0.2) is 5.69 Å². The van der Waals surface area contributed by atoms with Gasteiger partial charge in [-0.15, -0.1) is 0 Å². The van der Waals surface area contributed by atoms with Crippen LogP contribution in [0.4, 0.5) is 11.7 Å². The summed E-state index contributed by atoms with van der Waals surface area (Å²) < 4.78 is 15.6. The Bertz CT molecular complexity index is 1090. The summed E-state index contributed by atoms with van der Waals surface area (Å²) in [7, 11) is 1.64. The Morgan fingerprint density at radius 2 is 1.97 bits per heavy atom. The second kappa shape index (κ2) is 9.13. The molecular formula is C22H25N5O5. The van der Waals surface area contributed by atoms with Gasteiger partial charge in [-0.3, -0.25) is 14.9 Å². The van der Waals surface area contributed by atoms with Gasteiger partial charge in [-0.05, 0) is 26.0 Å². The lowest BCUT2D eigenvalue weighted by molar-refractivity contribution is -0.115. The minimum Gasteiger partial charge on any atom is -0.497 e. The Labute approximate surface area is 185 Å². The molecule has 1 fully saturated rings. The summed E-state index contributed by atoms with van der Waals surface area (Å²) in [5, 5.41) is 6.41. The fraction of sp³-hybridized carbons (Fsp3) is 0.364. The van der Waals surface area contributed by atoms with Crippen LogP contribution in [0.3, 0.4) is 0 Å². The summed E-state index contributed by atoms with van der Waals surface area (Å²) >= 11 is 0. The van der Waals surface area contributed by atoms with Gasteiger partial charge in [0.25, 0.3) is 5.91 Å². The van der Waals surface area contributed by atoms with Gasteiger partial charge in [-0.2, -0.15) is 4.98 Å². The van der Waals surface area contributed by atoms with E-state index < -0.39 is 0 Å². The topological polar surface area (TPSA) is 114 Å². The molecule has 1 aliphatic rings. The fourth-order valence-electron chi connectivity index (χ4n) is 3.64. The van der Waals surface area contributed by atoms with Crippen molar-refractivity contribution in [2.75, 3.05) is 43.5 Å². The average molecular weight is 439 g/mol. The number of hydrogen-bond acceptors (Lipinski definition) is 8. The van der Waals surface area contributed by atoms with Gasteiger partial charge >= 0.3 is 6.01 Å². The van der Waals surface area contributed by atoms with Gasteiger partial charge < -0.3 is 23.5 Å². The Hall–Kier alpha value is -3.82. The highest BCUT2D eigenvalue weighted by atomic mass is 16.5. The molecule has 0 bridgehead atoms. The van der Waals surface area contributed by atoms with E-state index in [0.717, 1.165) is 17.0 Å². The van der Waals surface area contributed by atoms with Crippen LogP contribution in [-0.4, -0.2) is 60.1 Å². The van der Waals surface area contributed by atoms with Crippen LogP contribution < -0.4 is 15.0 Å². The first-order chi connectivity index (χ1) is 15.4. The lowest BCUT2D eigenvalue weighted by Crippen LogP contribution is -2.48. The first-order valence-corrected chi connectivity index (χ1v) is 10.3. The number of nitrogens with one attached hydrogen (secondary N) is 1. The standard InChI is InChI=1S/C22H25N5O5/c1-14-18(15(2)32-25-14)12-20(28)24-22-23-19(13-31-22)21(29)27-9-7-26(8-10-27)16-5-4-6-17(11-16)30-3/h4-6,11,13H,7-10,12H2,1-3H3,(H,23,24,28). The molecule has 1 N–H and O–H groups in total. The van der Waals surface area contributed by atoms with Gasteiger partial charge in [0.2, 0.25) is 5.91 Å². The summed E-state index contributed by atoms with van der Waals surface area (Å²) in [5.41, 5.74) is 2.60. The predicted octanol–water partition coefficient (Wildman–Crippen LogP) is 2.43. The number of aryl methyl sites for hydroxylation is 2. The molecule has 10 nitrogen and oxygen atoms in total. The summed E-state index contributed by atoms with van der Waals surface area (Å²) in [5.74, 6) is 0.832. The average Bonchev–Trinajstić information content (AvgIpc) is 3.40. The maximum absolute atomic E-state index is 12.8. The molecule has 0 spiro atoms. The first kappa shape index (κ1) is 21.4. The Morgan fingerprint density at radius 1 is 1.19 bits per heavy atom. The summed E-state index contributed by atoms with van der Waals surface area (Å²) in [6.45, 7) is 6.01. The van der Waals surface area contributed by atoms with E-state index in [1.807, 2.05) is 24.3 Å². The number of rotatable bonds is 6. The molecule has 2 amide bonds. The van der Waals surface area contributed by atoms with Crippen LogP contribution in [0.1, 0.15) is 27.5 Å². The molecular weight excluding hydrogens is 414 g/mol. The molecule has 32 heavy (non-hydrogen) atoms. The van der Waals surface area contributed by atoms with E-state index in [-0.39, 0.29) is 29.9 Å². The molecule has 1 aromatic carbocycles. The van der Waals surface area contributed by atoms with Crippen molar-refractivity contribution >= 4 is 23.5 Å². The minimum absolute atomic E-state index is 0.0138. The molecule has 4 rings (SSSR count). The zero-order valence-corrected chi connectivity index (χ0v) is 18.3. The Morgan fingerprint density at radius 3 is 2.66 bits per heavy atom. The fourth-order valence-corrected chi connectivity index (χ4v) is 3.64. The van der Waals surface area contributed by atoms with E-state index in [1.54, 1.807) is 25.9 Å². The quantitative estimate of drug-likeness (QED) is 0.623. The maximum atomic E-state index is 12.8. The summed E-state index contributed by atoms with van der Waals surface area (Å²) in [6.07, 6.45) is 1.35. The Balaban J connectivity index is 1.32. The molecule has 1 aliphatic heterocycles. The number of anilines is 2. The number of methoxy groups -OCH3 is 1. The number of ether oxygens (including phenoxy) is 1. The van der Waals surface area contributed by atoms with Crippen LogP contribution in [0.5, 0.6) is 5.75 Å². The van der Waals surface area contributed by atoms with Crippen molar-refractivity contribution < 1.29 is 23.3 Å².